The fraction of sp³-hybridized carbons (Fsp3) is 0.737. The van der Waals surface area contributed by atoms with Crippen LogP contribution in [-0.4, -0.2) is 25.0 Å². The maximum Gasteiger partial charge on any atom is 0.162 e. The third kappa shape index (κ3) is 2.28. The molecule has 1 fully saturated rings. The number of allylic oxidation sites excluding steroid dienone is 2. The van der Waals surface area contributed by atoms with Crippen LogP contribution in [0.25, 0.3) is 0 Å². The van der Waals surface area contributed by atoms with E-state index in [0.29, 0.717) is 31.3 Å². The number of carbonyl (C=O) groups excluding carboxylic acids is 1. The predicted octanol–water partition coefficient (Wildman–Crippen LogP) is 3.73. The summed E-state index contributed by atoms with van der Waals surface area (Å²) in [6.07, 6.45) is 3.45. The molecule has 4 rings (SSSR count). The summed E-state index contributed by atoms with van der Waals surface area (Å²) >= 11 is 0. The molecule has 5 nitrogen and oxygen atoms in total. The number of nitrogens with zero attached hydrogens (tertiary/aromatic N) is 2. The molecular formula is C19H27N3O2. The van der Waals surface area contributed by atoms with Crippen LogP contribution < -0.4 is 5.32 Å². The van der Waals surface area contributed by atoms with Gasteiger partial charge < -0.3 is 10.1 Å². The van der Waals surface area contributed by atoms with Crippen LogP contribution in [0.15, 0.2) is 32.9 Å². The average Bonchev–Trinajstić information content (AvgIpc) is 2.94. The Kier molecular flexibility index (Phi) is 3.50. The lowest BCUT2D eigenvalue weighted by Gasteiger charge is -2.49. The Morgan fingerprint density at radius 1 is 1.29 bits per heavy atom. The van der Waals surface area contributed by atoms with E-state index < -0.39 is 0 Å². The lowest BCUT2D eigenvalue weighted by Crippen LogP contribution is -2.49. The standard InChI is InChI=1S/C19H27N3O2/c1-11(2)15-9-19(5-6-24-15)12-10-20-22-17(12)21-13-7-18(3,4)8-14(23)16(13)19/h11,15,21H,5-10H2,1-4H3/t15-,19+/m0/s1. The normalized spacial score (nSPS) is 34.7. The molecule has 1 saturated heterocycles. The van der Waals surface area contributed by atoms with Crippen molar-refractivity contribution in [1.29, 1.82) is 0 Å². The number of azo groups is 1. The zero-order valence-corrected chi connectivity index (χ0v) is 15.1. The topological polar surface area (TPSA) is 63.1 Å². The molecule has 0 saturated carbocycles. The van der Waals surface area contributed by atoms with Gasteiger partial charge >= 0.3 is 0 Å². The summed E-state index contributed by atoms with van der Waals surface area (Å²) < 4.78 is 6.03. The Morgan fingerprint density at radius 3 is 2.83 bits per heavy atom. The number of ether oxygens (including phenoxy) is 1. The molecule has 3 aliphatic heterocycles. The Balaban J connectivity index is 1.83. The van der Waals surface area contributed by atoms with Crippen LogP contribution in [0.2, 0.25) is 0 Å². The number of nitrogens with one attached hydrogen (secondary N) is 1. The Morgan fingerprint density at radius 2 is 2.08 bits per heavy atom. The Bertz CT molecular complexity index is 687. The summed E-state index contributed by atoms with van der Waals surface area (Å²) in [5.41, 5.74) is 3.09. The number of hydrogen-bond acceptors (Lipinski definition) is 5. The second kappa shape index (κ2) is 5.25. The van der Waals surface area contributed by atoms with E-state index in [2.05, 4.69) is 43.2 Å². The first-order valence-corrected chi connectivity index (χ1v) is 9.09. The van der Waals surface area contributed by atoms with Crippen molar-refractivity contribution in [3.63, 3.8) is 0 Å². The van der Waals surface area contributed by atoms with Crippen molar-refractivity contribution in [2.24, 2.45) is 27.0 Å². The largest absolute Gasteiger partial charge is 0.378 e. The molecule has 1 spiro atoms. The van der Waals surface area contributed by atoms with Gasteiger partial charge in [0.25, 0.3) is 0 Å². The van der Waals surface area contributed by atoms with E-state index in [4.69, 9.17) is 4.74 Å². The lowest BCUT2D eigenvalue weighted by atomic mass is 9.59. The molecule has 0 amide bonds. The van der Waals surface area contributed by atoms with Gasteiger partial charge in [-0.05, 0) is 30.6 Å². The summed E-state index contributed by atoms with van der Waals surface area (Å²) in [6.45, 7) is 10.1. The summed E-state index contributed by atoms with van der Waals surface area (Å²) in [5, 5.41) is 12.1. The van der Waals surface area contributed by atoms with Gasteiger partial charge in [-0.25, -0.2) is 0 Å². The molecular weight excluding hydrogens is 302 g/mol. The van der Waals surface area contributed by atoms with E-state index in [1.54, 1.807) is 0 Å². The second-order valence-corrected chi connectivity index (χ2v) is 8.84. The molecule has 3 heterocycles. The summed E-state index contributed by atoms with van der Waals surface area (Å²) in [6, 6.07) is 0. The fourth-order valence-electron chi connectivity index (χ4n) is 4.89. The van der Waals surface area contributed by atoms with Crippen molar-refractivity contribution in [2.45, 2.75) is 59.5 Å². The van der Waals surface area contributed by atoms with Crippen LogP contribution in [-0.2, 0) is 9.53 Å². The number of carbonyl (C=O) groups is 1. The van der Waals surface area contributed by atoms with E-state index in [1.165, 1.54) is 5.57 Å². The highest BCUT2D eigenvalue weighted by Gasteiger charge is 2.53. The minimum atomic E-state index is -0.222. The molecule has 0 bridgehead atoms. The SMILES string of the molecule is CC(C)[C@@H]1C[C@]2(CCO1)C1=C(N=NC1)NC1=C2C(=O)CC(C)(C)C1. The van der Waals surface area contributed by atoms with Gasteiger partial charge in [0.2, 0.25) is 0 Å². The zero-order chi connectivity index (χ0) is 17.1. The molecule has 130 valence electrons. The molecule has 0 radical (unpaired) electrons. The first-order valence-electron chi connectivity index (χ1n) is 9.09. The highest BCUT2D eigenvalue weighted by atomic mass is 16.5. The van der Waals surface area contributed by atoms with E-state index >= 15 is 0 Å². The summed E-state index contributed by atoms with van der Waals surface area (Å²) in [7, 11) is 0. The third-order valence-corrected chi connectivity index (χ3v) is 6.04. The lowest BCUT2D eigenvalue weighted by molar-refractivity contribution is -0.121. The molecule has 24 heavy (non-hydrogen) atoms. The number of hydrogen-bond donors (Lipinski definition) is 1. The maximum absolute atomic E-state index is 13.2. The van der Waals surface area contributed by atoms with Crippen LogP contribution in [0, 0.1) is 16.7 Å². The molecule has 1 aliphatic carbocycles. The van der Waals surface area contributed by atoms with Crippen LogP contribution in [0.5, 0.6) is 0 Å². The molecule has 2 atom stereocenters. The van der Waals surface area contributed by atoms with E-state index in [0.717, 1.165) is 36.4 Å². The molecule has 4 aliphatic rings. The summed E-state index contributed by atoms with van der Waals surface area (Å²) in [4.78, 5) is 13.2. The Hall–Kier alpha value is -1.49. The van der Waals surface area contributed by atoms with Crippen LogP contribution in [0.3, 0.4) is 0 Å². The number of dihydropyridines is 1. The van der Waals surface area contributed by atoms with Crippen LogP contribution in [0.4, 0.5) is 0 Å². The van der Waals surface area contributed by atoms with Gasteiger partial charge in [-0.15, -0.1) is 5.11 Å². The van der Waals surface area contributed by atoms with Crippen molar-refractivity contribution in [3.05, 3.63) is 22.7 Å². The number of fused-ring (bicyclic) bond motifs is 2. The molecule has 0 aromatic heterocycles. The van der Waals surface area contributed by atoms with Gasteiger partial charge in [-0.2, -0.15) is 5.11 Å². The van der Waals surface area contributed by atoms with E-state index in [-0.39, 0.29) is 16.9 Å². The van der Waals surface area contributed by atoms with Crippen molar-refractivity contribution in [1.82, 2.24) is 5.32 Å². The smallest absolute Gasteiger partial charge is 0.162 e. The third-order valence-electron chi connectivity index (χ3n) is 6.04. The second-order valence-electron chi connectivity index (χ2n) is 8.84. The zero-order valence-electron chi connectivity index (χ0n) is 15.1. The van der Waals surface area contributed by atoms with Crippen molar-refractivity contribution >= 4 is 5.78 Å². The van der Waals surface area contributed by atoms with Gasteiger partial charge in [-0.1, -0.05) is 27.7 Å². The van der Waals surface area contributed by atoms with Gasteiger partial charge in [0.1, 0.15) is 0 Å². The number of Topliss-reactive ketones (excluding diaryl/α,β-unsaturated/α-hetero) is 1. The van der Waals surface area contributed by atoms with Crippen LogP contribution in [0.1, 0.15) is 53.4 Å². The first kappa shape index (κ1) is 16.0. The van der Waals surface area contributed by atoms with Gasteiger partial charge in [-0.3, -0.25) is 4.79 Å². The highest BCUT2D eigenvalue weighted by Crippen LogP contribution is 2.56. The first-order chi connectivity index (χ1) is 11.3. The molecule has 0 aromatic carbocycles. The monoisotopic (exact) mass is 329 g/mol. The maximum atomic E-state index is 13.2. The van der Waals surface area contributed by atoms with E-state index in [9.17, 15) is 4.79 Å². The molecule has 5 heteroatoms. The van der Waals surface area contributed by atoms with Crippen molar-refractivity contribution in [3.8, 4) is 0 Å². The minimum Gasteiger partial charge on any atom is -0.378 e. The van der Waals surface area contributed by atoms with Gasteiger partial charge in [0, 0.05) is 35.3 Å². The van der Waals surface area contributed by atoms with Crippen molar-refractivity contribution < 1.29 is 9.53 Å². The number of rotatable bonds is 1. The Labute approximate surface area is 143 Å². The molecule has 0 unspecified atom stereocenters. The van der Waals surface area contributed by atoms with Gasteiger partial charge in [0.15, 0.2) is 11.6 Å². The fourth-order valence-corrected chi connectivity index (χ4v) is 4.89. The van der Waals surface area contributed by atoms with Gasteiger partial charge in [0.05, 0.1) is 12.6 Å². The number of ketones is 1. The predicted molar refractivity (Wildman–Crippen MR) is 91.2 cm³/mol. The average molecular weight is 329 g/mol. The quantitative estimate of drug-likeness (QED) is 0.797. The van der Waals surface area contributed by atoms with Crippen molar-refractivity contribution in [2.75, 3.05) is 13.2 Å². The summed E-state index contributed by atoms with van der Waals surface area (Å²) in [5.74, 6) is 1.64. The highest BCUT2D eigenvalue weighted by molar-refractivity contribution is 6.00. The van der Waals surface area contributed by atoms with Crippen LogP contribution >= 0.6 is 0 Å². The van der Waals surface area contributed by atoms with E-state index in [1.807, 2.05) is 0 Å². The minimum absolute atomic E-state index is 0.000529. The molecule has 0 aromatic rings. The molecule has 1 N–H and O–H groups in total.